The van der Waals surface area contributed by atoms with Crippen molar-refractivity contribution in [3.63, 3.8) is 0 Å². The third kappa shape index (κ3) is 3.18. The Hall–Kier alpha value is -1.86. The van der Waals surface area contributed by atoms with Gasteiger partial charge in [0.15, 0.2) is 0 Å². The summed E-state index contributed by atoms with van der Waals surface area (Å²) in [7, 11) is 0. The molecule has 0 aromatic rings. The normalized spacial score (nSPS) is 31.0. The van der Waals surface area contributed by atoms with Gasteiger partial charge in [0.25, 0.3) is 0 Å². The number of hydrogen-bond acceptors (Lipinski definition) is 3. The van der Waals surface area contributed by atoms with Gasteiger partial charge in [-0.25, -0.2) is 0 Å². The van der Waals surface area contributed by atoms with Crippen LogP contribution < -0.4 is 5.32 Å². The maximum Gasteiger partial charge on any atom is 0.389 e. The fraction of sp³-hybridized carbons (Fsp3) is 0.688. The first-order chi connectivity index (χ1) is 11.3. The van der Waals surface area contributed by atoms with Crippen LogP contribution in [0.15, 0.2) is 12.2 Å². The maximum atomic E-state index is 12.4. The van der Waals surface area contributed by atoms with Crippen molar-refractivity contribution in [2.45, 2.75) is 31.9 Å². The van der Waals surface area contributed by atoms with Crippen molar-refractivity contribution < 1.29 is 27.6 Å². The number of carbonyl (C=O) groups excluding carboxylic acids is 3. The number of alkyl halides is 3. The number of rotatable bonds is 6. The van der Waals surface area contributed by atoms with E-state index in [0.29, 0.717) is 6.42 Å². The third-order valence-electron chi connectivity index (χ3n) is 5.08. The van der Waals surface area contributed by atoms with Gasteiger partial charge in [0.2, 0.25) is 17.7 Å². The topological polar surface area (TPSA) is 66.5 Å². The number of carbonyl (C=O) groups is 3. The lowest BCUT2D eigenvalue weighted by molar-refractivity contribution is -0.144. The van der Waals surface area contributed by atoms with Crippen LogP contribution in [0, 0.1) is 23.7 Å². The monoisotopic (exact) mass is 344 g/mol. The minimum absolute atomic E-state index is 0.147. The van der Waals surface area contributed by atoms with E-state index in [9.17, 15) is 27.6 Å². The predicted molar refractivity (Wildman–Crippen MR) is 77.4 cm³/mol. The van der Waals surface area contributed by atoms with Gasteiger partial charge in [-0.05, 0) is 24.7 Å². The number of amides is 3. The number of fused-ring (bicyclic) bond motifs is 5. The van der Waals surface area contributed by atoms with Gasteiger partial charge in [0.1, 0.15) is 0 Å². The van der Waals surface area contributed by atoms with Crippen LogP contribution >= 0.6 is 0 Å². The Balaban J connectivity index is 1.41. The molecule has 132 valence electrons. The summed E-state index contributed by atoms with van der Waals surface area (Å²) < 4.78 is 36.0. The Morgan fingerprint density at radius 1 is 1.17 bits per heavy atom. The van der Waals surface area contributed by atoms with Crippen molar-refractivity contribution in [3.05, 3.63) is 12.2 Å². The van der Waals surface area contributed by atoms with Crippen LogP contribution in [-0.4, -0.2) is 41.9 Å². The summed E-state index contributed by atoms with van der Waals surface area (Å²) in [4.78, 5) is 37.3. The largest absolute Gasteiger partial charge is 0.389 e. The minimum atomic E-state index is -4.35. The van der Waals surface area contributed by atoms with Crippen LogP contribution in [-0.2, 0) is 14.4 Å². The molecule has 1 aliphatic heterocycles. The van der Waals surface area contributed by atoms with E-state index in [1.807, 2.05) is 12.2 Å². The Bertz CT molecular complexity index is 558. The standard InChI is InChI=1S/C16H19F3N2O3/c17-16(18,19)5-4-11(22)20-6-1-7-21-14(23)12-9-2-3-10(8-9)13(12)15(21)24/h2-3,9-10,12-13H,1,4-8H2,(H,20,22)/t9-,10-,12-,13-/m0/s1. The van der Waals surface area contributed by atoms with Gasteiger partial charge in [-0.2, -0.15) is 13.2 Å². The number of allylic oxidation sites excluding steroid dienone is 2. The van der Waals surface area contributed by atoms with E-state index in [-0.39, 0.29) is 48.6 Å². The molecule has 24 heavy (non-hydrogen) atoms. The van der Waals surface area contributed by atoms with Gasteiger partial charge in [-0.15, -0.1) is 0 Å². The van der Waals surface area contributed by atoms with Crippen molar-refractivity contribution in [1.82, 2.24) is 10.2 Å². The highest BCUT2D eigenvalue weighted by Crippen LogP contribution is 2.52. The summed E-state index contributed by atoms with van der Waals surface area (Å²) in [5.41, 5.74) is 0. The van der Waals surface area contributed by atoms with Crippen LogP contribution in [0.25, 0.3) is 0 Å². The summed E-state index contributed by atoms with van der Waals surface area (Å²) in [6, 6.07) is 0. The molecule has 0 aromatic carbocycles. The first-order valence-corrected chi connectivity index (χ1v) is 8.15. The number of hydrogen-bond donors (Lipinski definition) is 1. The van der Waals surface area contributed by atoms with Crippen molar-refractivity contribution >= 4 is 17.7 Å². The maximum absolute atomic E-state index is 12.4. The van der Waals surface area contributed by atoms with Gasteiger partial charge < -0.3 is 5.32 Å². The molecule has 0 radical (unpaired) electrons. The molecule has 2 aliphatic carbocycles. The third-order valence-corrected chi connectivity index (χ3v) is 5.08. The molecule has 1 N–H and O–H groups in total. The molecule has 3 aliphatic rings. The molecular weight excluding hydrogens is 325 g/mol. The van der Waals surface area contributed by atoms with E-state index in [4.69, 9.17) is 0 Å². The van der Waals surface area contributed by atoms with E-state index in [1.165, 1.54) is 4.90 Å². The molecular formula is C16H19F3N2O3. The van der Waals surface area contributed by atoms with E-state index >= 15 is 0 Å². The summed E-state index contributed by atoms with van der Waals surface area (Å²) in [5.74, 6) is -1.14. The number of nitrogens with one attached hydrogen (secondary N) is 1. The molecule has 3 amide bonds. The summed E-state index contributed by atoms with van der Waals surface area (Å²) in [5, 5.41) is 2.39. The average Bonchev–Trinajstić information content (AvgIpc) is 3.17. The molecule has 1 saturated heterocycles. The molecule has 1 saturated carbocycles. The molecule has 0 aromatic heterocycles. The summed E-state index contributed by atoms with van der Waals surface area (Å²) in [6.07, 6.45) is -0.863. The van der Waals surface area contributed by atoms with Gasteiger partial charge in [-0.3, -0.25) is 19.3 Å². The van der Waals surface area contributed by atoms with E-state index < -0.39 is 24.9 Å². The number of nitrogens with zero attached hydrogens (tertiary/aromatic N) is 1. The van der Waals surface area contributed by atoms with Crippen molar-refractivity contribution in [2.24, 2.45) is 23.7 Å². The highest BCUT2D eigenvalue weighted by atomic mass is 19.4. The molecule has 2 bridgehead atoms. The Morgan fingerprint density at radius 2 is 1.75 bits per heavy atom. The van der Waals surface area contributed by atoms with Gasteiger partial charge >= 0.3 is 6.18 Å². The zero-order valence-electron chi connectivity index (χ0n) is 13.0. The number of likely N-dealkylation sites (tertiary alicyclic amines) is 1. The Morgan fingerprint density at radius 3 is 2.29 bits per heavy atom. The molecule has 0 unspecified atom stereocenters. The van der Waals surface area contributed by atoms with Crippen molar-refractivity contribution in [2.75, 3.05) is 13.1 Å². The lowest BCUT2D eigenvalue weighted by Crippen LogP contribution is -2.36. The first-order valence-electron chi connectivity index (χ1n) is 8.15. The Labute approximate surface area is 137 Å². The second kappa shape index (κ2) is 6.22. The summed E-state index contributed by atoms with van der Waals surface area (Å²) >= 11 is 0. The van der Waals surface area contributed by atoms with E-state index in [0.717, 1.165) is 6.42 Å². The second-order valence-corrected chi connectivity index (χ2v) is 6.65. The van der Waals surface area contributed by atoms with Crippen LogP contribution in [0.5, 0.6) is 0 Å². The highest BCUT2D eigenvalue weighted by molar-refractivity contribution is 6.06. The van der Waals surface area contributed by atoms with Gasteiger partial charge in [0, 0.05) is 19.5 Å². The van der Waals surface area contributed by atoms with Crippen LogP contribution in [0.1, 0.15) is 25.7 Å². The van der Waals surface area contributed by atoms with Crippen LogP contribution in [0.2, 0.25) is 0 Å². The van der Waals surface area contributed by atoms with Crippen molar-refractivity contribution in [1.29, 1.82) is 0 Å². The fourth-order valence-electron chi connectivity index (χ4n) is 3.99. The molecule has 5 nitrogen and oxygen atoms in total. The number of halogens is 3. The fourth-order valence-corrected chi connectivity index (χ4v) is 3.99. The quantitative estimate of drug-likeness (QED) is 0.453. The van der Waals surface area contributed by atoms with E-state index in [1.54, 1.807) is 0 Å². The molecule has 8 heteroatoms. The smallest absolute Gasteiger partial charge is 0.356 e. The van der Waals surface area contributed by atoms with Crippen LogP contribution in [0.3, 0.4) is 0 Å². The van der Waals surface area contributed by atoms with E-state index in [2.05, 4.69) is 5.32 Å². The lowest BCUT2D eigenvalue weighted by Gasteiger charge is -2.17. The average molecular weight is 344 g/mol. The second-order valence-electron chi connectivity index (χ2n) is 6.65. The zero-order valence-corrected chi connectivity index (χ0v) is 13.0. The molecule has 3 rings (SSSR count). The number of imide groups is 1. The molecule has 1 heterocycles. The SMILES string of the molecule is O=C(CCC(F)(F)F)NCCCN1C(=O)[C@@H]2[C@@H](C1=O)[C@H]1C=C[C@H]2C1. The molecule has 4 atom stereocenters. The van der Waals surface area contributed by atoms with Gasteiger partial charge in [0.05, 0.1) is 18.3 Å². The first kappa shape index (κ1) is 17.0. The van der Waals surface area contributed by atoms with Crippen molar-refractivity contribution in [3.8, 4) is 0 Å². The molecule has 2 fully saturated rings. The van der Waals surface area contributed by atoms with Crippen LogP contribution in [0.4, 0.5) is 13.2 Å². The molecule has 0 spiro atoms. The Kier molecular flexibility index (Phi) is 4.40. The zero-order chi connectivity index (χ0) is 17.5. The highest BCUT2D eigenvalue weighted by Gasteiger charge is 2.58. The lowest BCUT2D eigenvalue weighted by atomic mass is 9.85. The summed E-state index contributed by atoms with van der Waals surface area (Å²) in [6.45, 7) is 0.345. The predicted octanol–water partition coefficient (Wildman–Crippen LogP) is 1.64. The minimum Gasteiger partial charge on any atom is -0.356 e. The van der Waals surface area contributed by atoms with Gasteiger partial charge in [-0.1, -0.05) is 12.2 Å².